The maximum atomic E-state index is 12.4. The quantitative estimate of drug-likeness (QED) is 0.785. The summed E-state index contributed by atoms with van der Waals surface area (Å²) in [5, 5.41) is 0. The summed E-state index contributed by atoms with van der Waals surface area (Å²) in [5.74, 6) is 0.237. The summed E-state index contributed by atoms with van der Waals surface area (Å²) in [7, 11) is 0. The van der Waals surface area contributed by atoms with E-state index in [9.17, 15) is 4.79 Å². The van der Waals surface area contributed by atoms with E-state index in [-0.39, 0.29) is 23.7 Å². The Kier molecular flexibility index (Phi) is 7.45. The van der Waals surface area contributed by atoms with Gasteiger partial charge in [0.15, 0.2) is 0 Å². The third-order valence-corrected chi connectivity index (χ3v) is 5.16. The largest absolute Gasteiger partial charge is 0.378 e. The van der Waals surface area contributed by atoms with E-state index in [1.165, 1.54) is 25.7 Å². The molecule has 0 heterocycles. The molecule has 0 bridgehead atoms. The van der Waals surface area contributed by atoms with Crippen molar-refractivity contribution in [2.75, 3.05) is 19.7 Å². The number of carbonyl (C=O) groups is 1. The van der Waals surface area contributed by atoms with Crippen molar-refractivity contribution in [3.05, 3.63) is 0 Å². The number of amides is 1. The molecule has 1 spiro atoms. The van der Waals surface area contributed by atoms with Gasteiger partial charge in [0.05, 0.1) is 6.10 Å². The van der Waals surface area contributed by atoms with Crippen LogP contribution in [0.3, 0.4) is 0 Å². The molecule has 0 saturated heterocycles. The van der Waals surface area contributed by atoms with Crippen molar-refractivity contribution in [1.29, 1.82) is 0 Å². The van der Waals surface area contributed by atoms with Gasteiger partial charge in [-0.15, -0.1) is 12.4 Å². The summed E-state index contributed by atoms with van der Waals surface area (Å²) < 4.78 is 5.95. The highest BCUT2D eigenvalue weighted by molar-refractivity contribution is 5.85. The molecule has 0 aromatic carbocycles. The standard InChI is InChI=1S/C16H30N2O2.ClH/c1-3-11-18(15(19)7-10-17)13-12-14(20-4-2)16(13)8-5-6-9-16;/h13-14H,3-12,17H2,1-2H3;1H. The lowest BCUT2D eigenvalue weighted by Crippen LogP contribution is -2.65. The summed E-state index contributed by atoms with van der Waals surface area (Å²) >= 11 is 0. The molecule has 2 rings (SSSR count). The molecule has 4 nitrogen and oxygen atoms in total. The first kappa shape index (κ1) is 18.7. The lowest BCUT2D eigenvalue weighted by atomic mass is 9.59. The molecule has 5 heteroatoms. The van der Waals surface area contributed by atoms with Gasteiger partial charge in [-0.25, -0.2) is 0 Å². The molecule has 2 atom stereocenters. The van der Waals surface area contributed by atoms with Crippen LogP contribution >= 0.6 is 12.4 Å². The maximum absolute atomic E-state index is 12.4. The minimum atomic E-state index is 0. The third kappa shape index (κ3) is 3.54. The second-order valence-corrected chi connectivity index (χ2v) is 6.26. The fraction of sp³-hybridized carbons (Fsp3) is 0.938. The smallest absolute Gasteiger partial charge is 0.224 e. The Labute approximate surface area is 135 Å². The Morgan fingerprint density at radius 2 is 2.00 bits per heavy atom. The lowest BCUT2D eigenvalue weighted by Gasteiger charge is -2.57. The van der Waals surface area contributed by atoms with Crippen molar-refractivity contribution < 1.29 is 9.53 Å². The van der Waals surface area contributed by atoms with Crippen molar-refractivity contribution in [1.82, 2.24) is 4.90 Å². The summed E-state index contributed by atoms with van der Waals surface area (Å²) in [4.78, 5) is 14.5. The average Bonchev–Trinajstić information content (AvgIpc) is 2.94. The molecule has 21 heavy (non-hydrogen) atoms. The fourth-order valence-corrected chi connectivity index (χ4v) is 4.25. The number of nitrogens with two attached hydrogens (primary N) is 1. The van der Waals surface area contributed by atoms with E-state index in [2.05, 4.69) is 18.7 Å². The number of nitrogens with zero attached hydrogens (tertiary/aromatic N) is 1. The highest BCUT2D eigenvalue weighted by Crippen LogP contribution is 2.56. The van der Waals surface area contributed by atoms with E-state index in [1.54, 1.807) is 0 Å². The van der Waals surface area contributed by atoms with Crippen molar-refractivity contribution in [3.63, 3.8) is 0 Å². The number of rotatable bonds is 7. The summed E-state index contributed by atoms with van der Waals surface area (Å²) in [6.07, 6.45) is 7.88. The predicted molar refractivity (Wildman–Crippen MR) is 87.6 cm³/mol. The Hall–Kier alpha value is -0.320. The van der Waals surface area contributed by atoms with Crippen LogP contribution in [-0.2, 0) is 9.53 Å². The van der Waals surface area contributed by atoms with Crippen LogP contribution in [0.5, 0.6) is 0 Å². The first-order valence-corrected chi connectivity index (χ1v) is 8.30. The molecule has 2 fully saturated rings. The Balaban J connectivity index is 0.00000220. The van der Waals surface area contributed by atoms with Crippen LogP contribution in [0.4, 0.5) is 0 Å². The number of halogens is 1. The number of ether oxygens (including phenoxy) is 1. The van der Waals surface area contributed by atoms with Gasteiger partial charge in [0.1, 0.15) is 0 Å². The molecule has 2 aliphatic carbocycles. The summed E-state index contributed by atoms with van der Waals surface area (Å²) in [5.41, 5.74) is 5.82. The topological polar surface area (TPSA) is 55.6 Å². The molecule has 0 radical (unpaired) electrons. The lowest BCUT2D eigenvalue weighted by molar-refractivity contribution is -0.176. The van der Waals surface area contributed by atoms with Gasteiger partial charge in [0, 0.05) is 37.6 Å². The van der Waals surface area contributed by atoms with Gasteiger partial charge in [-0.1, -0.05) is 19.8 Å². The molecule has 1 amide bonds. The van der Waals surface area contributed by atoms with E-state index < -0.39 is 0 Å². The molecule has 2 aliphatic rings. The summed E-state index contributed by atoms with van der Waals surface area (Å²) in [6.45, 7) is 6.31. The van der Waals surface area contributed by atoms with Gasteiger partial charge < -0.3 is 15.4 Å². The van der Waals surface area contributed by atoms with Gasteiger partial charge in [0.2, 0.25) is 5.91 Å². The zero-order valence-electron chi connectivity index (χ0n) is 13.5. The molecular weight excluding hydrogens is 288 g/mol. The minimum Gasteiger partial charge on any atom is -0.378 e. The predicted octanol–water partition coefficient (Wildman–Crippen LogP) is 2.73. The van der Waals surface area contributed by atoms with Gasteiger partial charge in [-0.05, 0) is 32.6 Å². The highest BCUT2D eigenvalue weighted by atomic mass is 35.5. The second kappa shape index (κ2) is 8.35. The highest BCUT2D eigenvalue weighted by Gasteiger charge is 2.59. The van der Waals surface area contributed by atoms with Crippen LogP contribution in [0, 0.1) is 5.41 Å². The zero-order chi connectivity index (χ0) is 14.6. The Bertz CT molecular complexity index is 332. The van der Waals surface area contributed by atoms with E-state index in [1.807, 2.05) is 0 Å². The van der Waals surface area contributed by atoms with Crippen molar-refractivity contribution >= 4 is 18.3 Å². The first-order valence-electron chi connectivity index (χ1n) is 8.30. The van der Waals surface area contributed by atoms with E-state index in [4.69, 9.17) is 10.5 Å². The second-order valence-electron chi connectivity index (χ2n) is 6.26. The Morgan fingerprint density at radius 1 is 1.33 bits per heavy atom. The van der Waals surface area contributed by atoms with Crippen LogP contribution in [0.2, 0.25) is 0 Å². The molecule has 0 aliphatic heterocycles. The maximum Gasteiger partial charge on any atom is 0.224 e. The third-order valence-electron chi connectivity index (χ3n) is 5.16. The minimum absolute atomic E-state index is 0. The van der Waals surface area contributed by atoms with Crippen LogP contribution in [0.15, 0.2) is 0 Å². The van der Waals surface area contributed by atoms with Gasteiger partial charge >= 0.3 is 0 Å². The molecule has 124 valence electrons. The van der Waals surface area contributed by atoms with Gasteiger partial charge in [0.25, 0.3) is 0 Å². The normalized spacial score (nSPS) is 26.2. The molecule has 0 aromatic heterocycles. The van der Waals surface area contributed by atoms with E-state index >= 15 is 0 Å². The van der Waals surface area contributed by atoms with Crippen LogP contribution in [0.1, 0.15) is 58.8 Å². The zero-order valence-corrected chi connectivity index (χ0v) is 14.3. The van der Waals surface area contributed by atoms with E-state index in [0.717, 1.165) is 26.0 Å². The van der Waals surface area contributed by atoms with Crippen LogP contribution in [0.25, 0.3) is 0 Å². The van der Waals surface area contributed by atoms with Crippen LogP contribution < -0.4 is 5.73 Å². The number of carbonyl (C=O) groups excluding carboxylic acids is 1. The number of hydrogen-bond acceptors (Lipinski definition) is 3. The molecular formula is C16H31ClN2O2. The molecule has 2 unspecified atom stereocenters. The van der Waals surface area contributed by atoms with E-state index in [0.29, 0.717) is 25.1 Å². The van der Waals surface area contributed by atoms with Gasteiger partial charge in [-0.2, -0.15) is 0 Å². The molecule has 2 N–H and O–H groups in total. The van der Waals surface area contributed by atoms with Crippen LogP contribution in [-0.4, -0.2) is 42.6 Å². The van der Waals surface area contributed by atoms with Crippen molar-refractivity contribution in [3.8, 4) is 0 Å². The van der Waals surface area contributed by atoms with Gasteiger partial charge in [-0.3, -0.25) is 4.79 Å². The van der Waals surface area contributed by atoms with Crippen molar-refractivity contribution in [2.24, 2.45) is 11.1 Å². The summed E-state index contributed by atoms with van der Waals surface area (Å²) in [6, 6.07) is 0.389. The monoisotopic (exact) mass is 318 g/mol. The van der Waals surface area contributed by atoms with Crippen molar-refractivity contribution in [2.45, 2.75) is 70.9 Å². The average molecular weight is 319 g/mol. The SMILES string of the molecule is CCCN(C(=O)CCN)C1CC(OCC)C12CCCC2.Cl. The number of hydrogen-bond donors (Lipinski definition) is 1. The fourth-order valence-electron chi connectivity index (χ4n) is 4.25. The first-order chi connectivity index (χ1) is 9.69. The molecule has 2 saturated carbocycles. The Morgan fingerprint density at radius 3 is 2.52 bits per heavy atom. The molecule has 0 aromatic rings.